The molecule has 0 aliphatic carbocycles. The van der Waals surface area contributed by atoms with Gasteiger partial charge in [0.1, 0.15) is 11.9 Å². The number of piperazine rings is 1. The molecule has 0 N–H and O–H groups in total. The van der Waals surface area contributed by atoms with Crippen LogP contribution in [0.4, 0.5) is 4.39 Å². The quantitative estimate of drug-likeness (QED) is 0.739. The molecule has 1 heterocycles. The van der Waals surface area contributed by atoms with Crippen LogP contribution in [-0.4, -0.2) is 49.7 Å². The fourth-order valence-electron chi connectivity index (χ4n) is 2.96. The van der Waals surface area contributed by atoms with Gasteiger partial charge in [-0.1, -0.05) is 24.3 Å². The zero-order chi connectivity index (χ0) is 20.1. The molecule has 2 aromatic rings. The van der Waals surface area contributed by atoms with Gasteiger partial charge in [0.2, 0.25) is 15.9 Å². The fourth-order valence-corrected chi connectivity index (χ4v) is 4.52. The van der Waals surface area contributed by atoms with Crippen molar-refractivity contribution in [2.24, 2.45) is 0 Å². The van der Waals surface area contributed by atoms with Crippen LogP contribution in [0.1, 0.15) is 11.1 Å². The van der Waals surface area contributed by atoms with E-state index in [9.17, 15) is 17.6 Å². The number of hydrogen-bond acceptors (Lipinski definition) is 4. The van der Waals surface area contributed by atoms with E-state index in [1.54, 1.807) is 24.3 Å². The van der Waals surface area contributed by atoms with E-state index in [4.69, 9.17) is 5.26 Å². The summed E-state index contributed by atoms with van der Waals surface area (Å²) in [6, 6.07) is 13.8. The number of nitrogens with zero attached hydrogens (tertiary/aromatic N) is 3. The van der Waals surface area contributed by atoms with Crippen LogP contribution in [0.3, 0.4) is 0 Å². The van der Waals surface area contributed by atoms with Crippen molar-refractivity contribution >= 4 is 22.0 Å². The molecule has 0 saturated carbocycles. The number of benzene rings is 2. The summed E-state index contributed by atoms with van der Waals surface area (Å²) in [7, 11) is -3.80. The number of carbonyl (C=O) groups excluding carboxylic acids is 1. The summed E-state index contributed by atoms with van der Waals surface area (Å²) >= 11 is 0. The number of amides is 1. The van der Waals surface area contributed by atoms with Crippen molar-refractivity contribution in [3.8, 4) is 6.07 Å². The Morgan fingerprint density at radius 2 is 1.79 bits per heavy atom. The lowest BCUT2D eigenvalue weighted by Gasteiger charge is -2.33. The molecule has 1 amide bonds. The molecule has 0 radical (unpaired) electrons. The van der Waals surface area contributed by atoms with Gasteiger partial charge in [-0.15, -0.1) is 0 Å². The van der Waals surface area contributed by atoms with Crippen LogP contribution in [-0.2, 0) is 14.8 Å². The molecule has 0 unspecified atom stereocenters. The molecule has 0 aromatic heterocycles. The fraction of sp³-hybridized carbons (Fsp3) is 0.200. The molecular formula is C20H18FN3O3S. The van der Waals surface area contributed by atoms with E-state index in [0.717, 1.165) is 0 Å². The Balaban J connectivity index is 1.65. The van der Waals surface area contributed by atoms with E-state index in [1.165, 1.54) is 45.6 Å². The minimum absolute atomic E-state index is 0.0247. The lowest BCUT2D eigenvalue weighted by molar-refractivity contribution is -0.127. The van der Waals surface area contributed by atoms with E-state index in [0.29, 0.717) is 5.56 Å². The van der Waals surface area contributed by atoms with Crippen molar-refractivity contribution in [2.45, 2.75) is 4.90 Å². The molecule has 3 rings (SSSR count). The normalized spacial score (nSPS) is 15.5. The van der Waals surface area contributed by atoms with Crippen LogP contribution in [0.15, 0.2) is 59.5 Å². The predicted molar refractivity (Wildman–Crippen MR) is 102 cm³/mol. The first-order chi connectivity index (χ1) is 13.4. The molecule has 0 bridgehead atoms. The van der Waals surface area contributed by atoms with Crippen LogP contribution in [0, 0.1) is 17.1 Å². The van der Waals surface area contributed by atoms with Gasteiger partial charge in [-0.3, -0.25) is 4.79 Å². The Hall–Kier alpha value is -3.02. The van der Waals surface area contributed by atoms with Crippen LogP contribution in [0.25, 0.3) is 6.08 Å². The number of nitriles is 1. The highest BCUT2D eigenvalue weighted by molar-refractivity contribution is 7.89. The summed E-state index contributed by atoms with van der Waals surface area (Å²) in [6.45, 7) is 0.754. The van der Waals surface area contributed by atoms with Crippen LogP contribution < -0.4 is 0 Å². The summed E-state index contributed by atoms with van der Waals surface area (Å²) < 4.78 is 40.1. The average Bonchev–Trinajstić information content (AvgIpc) is 2.72. The number of rotatable bonds is 4. The first-order valence-electron chi connectivity index (χ1n) is 8.63. The van der Waals surface area contributed by atoms with Crippen molar-refractivity contribution in [3.63, 3.8) is 0 Å². The van der Waals surface area contributed by atoms with Gasteiger partial charge in [0, 0.05) is 32.3 Å². The van der Waals surface area contributed by atoms with Gasteiger partial charge in [0.15, 0.2) is 0 Å². The monoisotopic (exact) mass is 399 g/mol. The molecule has 1 fully saturated rings. The van der Waals surface area contributed by atoms with Gasteiger partial charge in [0.25, 0.3) is 0 Å². The molecule has 8 heteroatoms. The molecule has 1 aliphatic heterocycles. The smallest absolute Gasteiger partial charge is 0.246 e. The number of sulfonamides is 1. The summed E-state index contributed by atoms with van der Waals surface area (Å²) in [6.07, 6.45) is 2.88. The van der Waals surface area contributed by atoms with Crippen molar-refractivity contribution in [1.29, 1.82) is 5.26 Å². The minimum atomic E-state index is -3.80. The van der Waals surface area contributed by atoms with Gasteiger partial charge in [-0.2, -0.15) is 9.57 Å². The maximum Gasteiger partial charge on any atom is 0.246 e. The third-order valence-corrected chi connectivity index (χ3v) is 6.40. The largest absolute Gasteiger partial charge is 0.337 e. The molecule has 28 heavy (non-hydrogen) atoms. The lowest BCUT2D eigenvalue weighted by atomic mass is 10.2. The second kappa shape index (κ2) is 8.33. The standard InChI is InChI=1S/C20H18FN3O3S/c21-18-6-3-4-16(14-18)8-9-20(25)23-10-12-24(13-11-23)28(26,27)19-7-2-1-5-17(19)15-22/h1-9,14H,10-13H2/b9-8+. The van der Waals surface area contributed by atoms with Gasteiger partial charge >= 0.3 is 0 Å². The highest BCUT2D eigenvalue weighted by Crippen LogP contribution is 2.21. The Morgan fingerprint density at radius 3 is 2.46 bits per heavy atom. The zero-order valence-electron chi connectivity index (χ0n) is 15.0. The Labute approximate surface area is 163 Å². The zero-order valence-corrected chi connectivity index (χ0v) is 15.8. The predicted octanol–water partition coefficient (Wildman–Crippen LogP) is 2.24. The number of hydrogen-bond donors (Lipinski definition) is 0. The van der Waals surface area contributed by atoms with Crippen LogP contribution >= 0.6 is 0 Å². The molecule has 0 atom stereocenters. The molecule has 2 aromatic carbocycles. The maximum atomic E-state index is 13.2. The van der Waals surface area contributed by atoms with Crippen LogP contribution in [0.5, 0.6) is 0 Å². The molecule has 6 nitrogen and oxygen atoms in total. The minimum Gasteiger partial charge on any atom is -0.337 e. The molecular weight excluding hydrogens is 381 g/mol. The third kappa shape index (κ3) is 4.27. The van der Waals surface area contributed by atoms with E-state index >= 15 is 0 Å². The maximum absolute atomic E-state index is 13.2. The summed E-state index contributed by atoms with van der Waals surface area (Å²) in [5, 5.41) is 9.15. The van der Waals surface area contributed by atoms with Crippen LogP contribution in [0.2, 0.25) is 0 Å². The van der Waals surface area contributed by atoms with Gasteiger partial charge in [-0.25, -0.2) is 12.8 Å². The highest BCUT2D eigenvalue weighted by atomic mass is 32.2. The lowest BCUT2D eigenvalue weighted by Crippen LogP contribution is -2.50. The van der Waals surface area contributed by atoms with E-state index in [1.807, 2.05) is 6.07 Å². The summed E-state index contributed by atoms with van der Waals surface area (Å²) in [4.78, 5) is 13.8. The first kappa shape index (κ1) is 19.7. The van der Waals surface area contributed by atoms with Crippen molar-refractivity contribution in [3.05, 3.63) is 71.6 Å². The second-order valence-corrected chi connectivity index (χ2v) is 8.13. The van der Waals surface area contributed by atoms with Crippen molar-refractivity contribution in [1.82, 2.24) is 9.21 Å². The van der Waals surface area contributed by atoms with E-state index in [2.05, 4.69) is 0 Å². The average molecular weight is 399 g/mol. The van der Waals surface area contributed by atoms with Crippen molar-refractivity contribution < 1.29 is 17.6 Å². The Kier molecular flexibility index (Phi) is 5.87. The Morgan fingerprint density at radius 1 is 1.07 bits per heavy atom. The molecule has 0 spiro atoms. The second-order valence-electron chi connectivity index (χ2n) is 6.23. The van der Waals surface area contributed by atoms with Gasteiger partial charge < -0.3 is 4.90 Å². The SMILES string of the molecule is N#Cc1ccccc1S(=O)(=O)N1CCN(C(=O)/C=C/c2cccc(F)c2)CC1. The topological polar surface area (TPSA) is 81.5 Å². The van der Waals surface area contributed by atoms with E-state index in [-0.39, 0.29) is 48.4 Å². The molecule has 144 valence electrons. The first-order valence-corrected chi connectivity index (χ1v) is 10.1. The molecule has 1 aliphatic rings. The van der Waals surface area contributed by atoms with Crippen molar-refractivity contribution in [2.75, 3.05) is 26.2 Å². The highest BCUT2D eigenvalue weighted by Gasteiger charge is 2.31. The number of halogens is 1. The van der Waals surface area contributed by atoms with Gasteiger partial charge in [0.05, 0.1) is 10.5 Å². The Bertz CT molecular complexity index is 1050. The van der Waals surface area contributed by atoms with Gasteiger partial charge in [-0.05, 0) is 35.9 Å². The number of carbonyl (C=O) groups is 1. The summed E-state index contributed by atoms with van der Waals surface area (Å²) in [5.41, 5.74) is 0.668. The molecule has 1 saturated heterocycles. The van der Waals surface area contributed by atoms with E-state index < -0.39 is 10.0 Å². The summed E-state index contributed by atoms with van der Waals surface area (Å²) in [5.74, 6) is -0.648. The third-order valence-electron chi connectivity index (χ3n) is 4.44.